The zero-order chi connectivity index (χ0) is 14.7. The molecular formula is C13H11F2N3O2. The van der Waals surface area contributed by atoms with Crippen molar-refractivity contribution in [2.45, 2.75) is 0 Å². The van der Waals surface area contributed by atoms with Gasteiger partial charge in [0.1, 0.15) is 23.0 Å². The van der Waals surface area contributed by atoms with Gasteiger partial charge in [-0.2, -0.15) is 0 Å². The van der Waals surface area contributed by atoms with Gasteiger partial charge in [-0.05, 0) is 18.2 Å². The molecule has 0 saturated carbocycles. The van der Waals surface area contributed by atoms with E-state index >= 15 is 0 Å². The molecule has 20 heavy (non-hydrogen) atoms. The predicted molar refractivity (Wildman–Crippen MR) is 69.6 cm³/mol. The molecule has 2 rings (SSSR count). The van der Waals surface area contributed by atoms with Gasteiger partial charge < -0.3 is 15.8 Å². The van der Waals surface area contributed by atoms with Crippen LogP contribution < -0.4 is 11.1 Å². The minimum Gasteiger partial charge on any atom is -0.465 e. The summed E-state index contributed by atoms with van der Waals surface area (Å²) in [5.74, 6) is -2.11. The summed E-state index contributed by atoms with van der Waals surface area (Å²) in [6.45, 7) is 0. The second-order valence-electron chi connectivity index (χ2n) is 3.91. The van der Waals surface area contributed by atoms with Crippen LogP contribution in [0.4, 0.5) is 26.0 Å². The summed E-state index contributed by atoms with van der Waals surface area (Å²) in [7, 11) is 1.20. The number of aromatic nitrogens is 1. The number of ether oxygens (including phenoxy) is 1. The number of benzene rings is 1. The standard InChI is InChI=1S/C13H11F2N3O2/c1-20-13(19)9-5-8(16)6-17-12(9)18-11-3-2-7(14)4-10(11)15/h2-6H,16H2,1H3,(H,17,18). The molecule has 0 atom stereocenters. The Morgan fingerprint density at radius 1 is 1.35 bits per heavy atom. The van der Waals surface area contributed by atoms with Gasteiger partial charge in [0.2, 0.25) is 0 Å². The fourth-order valence-electron chi connectivity index (χ4n) is 1.56. The molecule has 0 unspecified atom stereocenters. The highest BCUT2D eigenvalue weighted by Gasteiger charge is 2.15. The molecule has 0 saturated heterocycles. The lowest BCUT2D eigenvalue weighted by Gasteiger charge is -2.11. The molecule has 0 aliphatic rings. The number of nitrogen functional groups attached to an aromatic ring is 1. The Hall–Kier alpha value is -2.70. The van der Waals surface area contributed by atoms with Crippen LogP contribution in [0.3, 0.4) is 0 Å². The average molecular weight is 279 g/mol. The monoisotopic (exact) mass is 279 g/mol. The van der Waals surface area contributed by atoms with Gasteiger partial charge in [-0.25, -0.2) is 18.6 Å². The van der Waals surface area contributed by atoms with E-state index in [0.717, 1.165) is 12.1 Å². The molecule has 0 radical (unpaired) electrons. The number of nitrogens with one attached hydrogen (secondary N) is 1. The molecule has 1 aromatic heterocycles. The molecule has 1 aromatic carbocycles. The van der Waals surface area contributed by atoms with E-state index in [1.165, 1.54) is 25.4 Å². The molecule has 0 amide bonds. The minimum atomic E-state index is -0.806. The van der Waals surface area contributed by atoms with Crippen molar-refractivity contribution in [2.75, 3.05) is 18.2 Å². The van der Waals surface area contributed by atoms with Crippen LogP contribution >= 0.6 is 0 Å². The van der Waals surface area contributed by atoms with Gasteiger partial charge in [-0.15, -0.1) is 0 Å². The molecule has 2 aromatic rings. The Balaban J connectivity index is 2.40. The maximum Gasteiger partial charge on any atom is 0.341 e. The summed E-state index contributed by atoms with van der Waals surface area (Å²) in [5, 5.41) is 2.60. The highest BCUT2D eigenvalue weighted by atomic mass is 19.1. The summed E-state index contributed by atoms with van der Waals surface area (Å²) >= 11 is 0. The SMILES string of the molecule is COC(=O)c1cc(N)cnc1Nc1ccc(F)cc1F. The number of pyridine rings is 1. The number of rotatable bonds is 3. The maximum absolute atomic E-state index is 13.6. The largest absolute Gasteiger partial charge is 0.465 e. The van der Waals surface area contributed by atoms with Gasteiger partial charge in [-0.1, -0.05) is 0 Å². The quantitative estimate of drug-likeness (QED) is 0.844. The molecular weight excluding hydrogens is 268 g/mol. The summed E-state index contributed by atoms with van der Waals surface area (Å²) < 4.78 is 31.0. The number of methoxy groups -OCH3 is 1. The number of anilines is 3. The number of esters is 1. The lowest BCUT2D eigenvalue weighted by Crippen LogP contribution is -2.09. The van der Waals surface area contributed by atoms with Crippen molar-refractivity contribution in [3.63, 3.8) is 0 Å². The third-order valence-electron chi connectivity index (χ3n) is 2.50. The Morgan fingerprint density at radius 2 is 2.10 bits per heavy atom. The topological polar surface area (TPSA) is 77.2 Å². The Labute approximate surface area is 113 Å². The van der Waals surface area contributed by atoms with Crippen LogP contribution in [0, 0.1) is 11.6 Å². The van der Waals surface area contributed by atoms with Gasteiger partial charge >= 0.3 is 5.97 Å². The van der Waals surface area contributed by atoms with E-state index in [1.54, 1.807) is 0 Å². The molecule has 5 nitrogen and oxygen atoms in total. The number of carbonyl (C=O) groups is 1. The second kappa shape index (κ2) is 5.52. The molecule has 0 spiro atoms. The second-order valence-corrected chi connectivity index (χ2v) is 3.91. The fraction of sp³-hybridized carbons (Fsp3) is 0.0769. The summed E-state index contributed by atoms with van der Waals surface area (Å²) in [4.78, 5) is 15.5. The molecule has 0 aliphatic carbocycles. The number of nitrogens with zero attached hydrogens (tertiary/aromatic N) is 1. The Bertz CT molecular complexity index is 662. The number of hydrogen-bond acceptors (Lipinski definition) is 5. The first-order chi connectivity index (χ1) is 9.51. The summed E-state index contributed by atoms with van der Waals surface area (Å²) in [6.07, 6.45) is 1.30. The van der Waals surface area contributed by atoms with Gasteiger partial charge in [-0.3, -0.25) is 0 Å². The fourth-order valence-corrected chi connectivity index (χ4v) is 1.56. The minimum absolute atomic E-state index is 0.0196. The Morgan fingerprint density at radius 3 is 2.75 bits per heavy atom. The van der Waals surface area contributed by atoms with Crippen molar-refractivity contribution in [3.8, 4) is 0 Å². The van der Waals surface area contributed by atoms with E-state index in [1.807, 2.05) is 0 Å². The number of nitrogens with two attached hydrogens (primary N) is 1. The Kier molecular flexibility index (Phi) is 3.79. The predicted octanol–water partition coefficient (Wildman–Crippen LogP) is 2.47. The van der Waals surface area contributed by atoms with E-state index in [2.05, 4.69) is 15.0 Å². The first kappa shape index (κ1) is 13.7. The van der Waals surface area contributed by atoms with E-state index in [4.69, 9.17) is 5.73 Å². The normalized spacial score (nSPS) is 10.2. The van der Waals surface area contributed by atoms with E-state index < -0.39 is 17.6 Å². The number of hydrogen-bond donors (Lipinski definition) is 2. The molecule has 7 heteroatoms. The highest BCUT2D eigenvalue weighted by Crippen LogP contribution is 2.23. The van der Waals surface area contributed by atoms with Crippen LogP contribution in [-0.4, -0.2) is 18.1 Å². The van der Waals surface area contributed by atoms with Crippen molar-refractivity contribution >= 4 is 23.2 Å². The van der Waals surface area contributed by atoms with E-state index in [9.17, 15) is 13.6 Å². The van der Waals surface area contributed by atoms with E-state index in [-0.39, 0.29) is 22.8 Å². The molecule has 0 aliphatic heterocycles. The van der Waals surface area contributed by atoms with Gasteiger partial charge in [0.05, 0.1) is 24.7 Å². The molecule has 104 valence electrons. The molecule has 1 heterocycles. The van der Waals surface area contributed by atoms with Crippen LogP contribution in [0.25, 0.3) is 0 Å². The van der Waals surface area contributed by atoms with Crippen molar-refractivity contribution in [2.24, 2.45) is 0 Å². The first-order valence-corrected chi connectivity index (χ1v) is 5.57. The maximum atomic E-state index is 13.6. The first-order valence-electron chi connectivity index (χ1n) is 5.57. The zero-order valence-electron chi connectivity index (χ0n) is 10.5. The summed E-state index contributed by atoms with van der Waals surface area (Å²) in [6, 6.07) is 4.35. The number of halogens is 2. The van der Waals surface area contributed by atoms with Gasteiger partial charge in [0.25, 0.3) is 0 Å². The van der Waals surface area contributed by atoms with Crippen LogP contribution in [-0.2, 0) is 4.74 Å². The van der Waals surface area contributed by atoms with Gasteiger partial charge in [0, 0.05) is 6.07 Å². The summed E-state index contributed by atoms with van der Waals surface area (Å²) in [5.41, 5.74) is 5.83. The van der Waals surface area contributed by atoms with Crippen molar-refractivity contribution in [3.05, 3.63) is 47.7 Å². The molecule has 0 bridgehead atoms. The van der Waals surface area contributed by atoms with E-state index in [0.29, 0.717) is 0 Å². The van der Waals surface area contributed by atoms with Crippen LogP contribution in [0.15, 0.2) is 30.5 Å². The third kappa shape index (κ3) is 2.82. The van der Waals surface area contributed by atoms with Crippen LogP contribution in [0.5, 0.6) is 0 Å². The highest BCUT2D eigenvalue weighted by molar-refractivity contribution is 5.96. The van der Waals surface area contributed by atoms with Crippen molar-refractivity contribution in [1.82, 2.24) is 4.98 Å². The van der Waals surface area contributed by atoms with Crippen molar-refractivity contribution < 1.29 is 18.3 Å². The number of carbonyl (C=O) groups excluding carboxylic acids is 1. The molecule has 0 fully saturated rings. The van der Waals surface area contributed by atoms with Gasteiger partial charge in [0.15, 0.2) is 0 Å². The van der Waals surface area contributed by atoms with Crippen molar-refractivity contribution in [1.29, 1.82) is 0 Å². The van der Waals surface area contributed by atoms with Crippen LogP contribution in [0.1, 0.15) is 10.4 Å². The lowest BCUT2D eigenvalue weighted by molar-refractivity contribution is 0.0601. The zero-order valence-corrected chi connectivity index (χ0v) is 10.5. The average Bonchev–Trinajstić information content (AvgIpc) is 2.42. The smallest absolute Gasteiger partial charge is 0.341 e. The third-order valence-corrected chi connectivity index (χ3v) is 2.50. The molecule has 3 N–H and O–H groups in total. The van der Waals surface area contributed by atoms with Crippen LogP contribution in [0.2, 0.25) is 0 Å². The lowest BCUT2D eigenvalue weighted by atomic mass is 10.2.